The van der Waals surface area contributed by atoms with Crippen molar-refractivity contribution in [3.63, 3.8) is 0 Å². The molecule has 1 aliphatic rings. The molecule has 0 aromatic rings. The van der Waals surface area contributed by atoms with Gasteiger partial charge in [0.1, 0.15) is 0 Å². The number of nitrogens with zero attached hydrogens (tertiary/aromatic N) is 1. The number of halogens is 1. The summed E-state index contributed by atoms with van der Waals surface area (Å²) in [5.74, 6) is 0.243. The normalized spacial score (nSPS) is 22.6. The monoisotopic (exact) mass is 249 g/mol. The van der Waals surface area contributed by atoms with Gasteiger partial charge in [-0.1, -0.05) is 0 Å². The van der Waals surface area contributed by atoms with Crippen molar-refractivity contribution in [3.05, 3.63) is 0 Å². The Morgan fingerprint density at radius 3 is 2.62 bits per heavy atom. The maximum atomic E-state index is 10.8. The minimum absolute atomic E-state index is 0. The van der Waals surface area contributed by atoms with Crippen LogP contribution in [0, 0.1) is 5.92 Å². The molecule has 1 fully saturated rings. The topological polar surface area (TPSA) is 72.3 Å². The molecule has 1 amide bonds. The molecule has 0 saturated carbocycles. The first-order valence-corrected chi connectivity index (χ1v) is 5.66. The molecule has 0 radical (unpaired) electrons. The fourth-order valence-electron chi connectivity index (χ4n) is 2.32. The van der Waals surface area contributed by atoms with E-state index in [-0.39, 0.29) is 23.9 Å². The van der Waals surface area contributed by atoms with Crippen LogP contribution in [0.2, 0.25) is 0 Å². The van der Waals surface area contributed by atoms with Crippen LogP contribution in [-0.2, 0) is 4.79 Å². The lowest BCUT2D eigenvalue weighted by Crippen LogP contribution is -2.48. The average Bonchev–Trinajstić information content (AvgIpc) is 1.99. The number of rotatable bonds is 4. The number of carbonyl (C=O) groups excluding carboxylic acids is 1. The molecule has 1 atom stereocenters. The molecule has 16 heavy (non-hydrogen) atoms. The van der Waals surface area contributed by atoms with Gasteiger partial charge in [-0.3, -0.25) is 4.79 Å². The van der Waals surface area contributed by atoms with Crippen molar-refractivity contribution in [1.82, 2.24) is 4.90 Å². The molecule has 1 saturated heterocycles. The van der Waals surface area contributed by atoms with Crippen LogP contribution in [0.3, 0.4) is 0 Å². The Bertz CT molecular complexity index is 228. The Kier molecular flexibility index (Phi) is 6.30. The van der Waals surface area contributed by atoms with E-state index < -0.39 is 0 Å². The van der Waals surface area contributed by atoms with Gasteiger partial charge in [0.15, 0.2) is 0 Å². The van der Waals surface area contributed by atoms with Crippen LogP contribution < -0.4 is 11.5 Å². The first-order chi connectivity index (χ1) is 6.87. The second kappa shape index (κ2) is 6.42. The van der Waals surface area contributed by atoms with Gasteiger partial charge >= 0.3 is 0 Å². The molecule has 1 rings (SSSR count). The van der Waals surface area contributed by atoms with Gasteiger partial charge in [0.05, 0.1) is 0 Å². The third-order valence-electron chi connectivity index (χ3n) is 2.72. The molecule has 4 nitrogen and oxygen atoms in total. The molecule has 0 aliphatic carbocycles. The van der Waals surface area contributed by atoms with Crippen molar-refractivity contribution in [2.45, 2.75) is 38.6 Å². The summed E-state index contributed by atoms with van der Waals surface area (Å²) in [7, 11) is 0. The minimum Gasteiger partial charge on any atom is -0.370 e. The highest BCUT2D eigenvalue weighted by atomic mass is 35.5. The molecule has 1 unspecified atom stereocenters. The Morgan fingerprint density at radius 1 is 1.50 bits per heavy atom. The molecule has 1 aliphatic heterocycles. The number of amides is 1. The van der Waals surface area contributed by atoms with E-state index in [0.717, 1.165) is 32.5 Å². The lowest BCUT2D eigenvalue weighted by molar-refractivity contribution is -0.119. The number of likely N-dealkylation sites (tertiary alicyclic amines) is 1. The largest absolute Gasteiger partial charge is 0.370 e. The quantitative estimate of drug-likeness (QED) is 0.772. The molecular formula is C11H24ClN3O. The number of carbonyl (C=O) groups is 1. The molecule has 0 spiro atoms. The summed E-state index contributed by atoms with van der Waals surface area (Å²) in [6.07, 6.45) is 2.78. The molecule has 0 aromatic heterocycles. The smallest absolute Gasteiger partial charge is 0.217 e. The van der Waals surface area contributed by atoms with Crippen molar-refractivity contribution in [1.29, 1.82) is 0 Å². The summed E-state index contributed by atoms with van der Waals surface area (Å²) in [5.41, 5.74) is 11.0. The van der Waals surface area contributed by atoms with E-state index >= 15 is 0 Å². The van der Waals surface area contributed by atoms with E-state index in [2.05, 4.69) is 4.90 Å². The highest BCUT2D eigenvalue weighted by Gasteiger charge is 2.24. The molecule has 4 N–H and O–H groups in total. The summed E-state index contributed by atoms with van der Waals surface area (Å²) in [4.78, 5) is 13.2. The number of piperidine rings is 1. The summed E-state index contributed by atoms with van der Waals surface area (Å²) in [6, 6.07) is 0. The maximum Gasteiger partial charge on any atom is 0.217 e. The Morgan fingerprint density at radius 2 is 2.12 bits per heavy atom. The van der Waals surface area contributed by atoms with Gasteiger partial charge in [0, 0.05) is 25.0 Å². The van der Waals surface area contributed by atoms with Crippen LogP contribution in [0.5, 0.6) is 0 Å². The second-order valence-corrected chi connectivity index (χ2v) is 5.40. The summed E-state index contributed by atoms with van der Waals surface area (Å²) in [6.45, 7) is 7.01. The van der Waals surface area contributed by atoms with Gasteiger partial charge in [-0.25, -0.2) is 0 Å². The van der Waals surface area contributed by atoms with E-state index in [9.17, 15) is 4.79 Å². The third-order valence-corrected chi connectivity index (χ3v) is 2.72. The maximum absolute atomic E-state index is 10.8. The van der Waals surface area contributed by atoms with Crippen molar-refractivity contribution >= 4 is 18.3 Å². The Balaban J connectivity index is 0.00000225. The van der Waals surface area contributed by atoms with Gasteiger partial charge in [0.25, 0.3) is 0 Å². The summed E-state index contributed by atoms with van der Waals surface area (Å²) < 4.78 is 0. The standard InChI is InChI=1S/C11H23N3O.ClH/c1-11(2,13)8-14-5-3-4-9(7-14)6-10(12)15;/h9H,3-8,13H2,1-2H3,(H2,12,15);1H. The summed E-state index contributed by atoms with van der Waals surface area (Å²) in [5, 5.41) is 0. The number of hydrogen-bond acceptors (Lipinski definition) is 3. The summed E-state index contributed by atoms with van der Waals surface area (Å²) >= 11 is 0. The highest BCUT2D eigenvalue weighted by molar-refractivity contribution is 5.85. The minimum atomic E-state index is -0.186. The van der Waals surface area contributed by atoms with Gasteiger partial charge in [-0.15, -0.1) is 12.4 Å². The van der Waals surface area contributed by atoms with E-state index in [4.69, 9.17) is 11.5 Å². The fourth-order valence-corrected chi connectivity index (χ4v) is 2.32. The first-order valence-electron chi connectivity index (χ1n) is 5.66. The van der Waals surface area contributed by atoms with Crippen LogP contribution in [0.15, 0.2) is 0 Å². The molecule has 0 aromatic carbocycles. The van der Waals surface area contributed by atoms with Crippen molar-refractivity contribution in [2.24, 2.45) is 17.4 Å². The van der Waals surface area contributed by atoms with E-state index in [1.54, 1.807) is 0 Å². The Hall–Kier alpha value is -0.320. The third kappa shape index (κ3) is 6.30. The van der Waals surface area contributed by atoms with Crippen molar-refractivity contribution in [3.8, 4) is 0 Å². The molecule has 1 heterocycles. The zero-order valence-electron chi connectivity index (χ0n) is 10.2. The van der Waals surface area contributed by atoms with Crippen LogP contribution >= 0.6 is 12.4 Å². The van der Waals surface area contributed by atoms with Gasteiger partial charge in [-0.05, 0) is 39.2 Å². The first kappa shape index (κ1) is 15.7. The van der Waals surface area contributed by atoms with E-state index in [0.29, 0.717) is 12.3 Å². The van der Waals surface area contributed by atoms with Crippen LogP contribution in [-0.4, -0.2) is 36.0 Å². The van der Waals surface area contributed by atoms with E-state index in [1.165, 1.54) is 0 Å². The average molecular weight is 250 g/mol. The number of nitrogens with two attached hydrogens (primary N) is 2. The molecular weight excluding hydrogens is 226 g/mol. The van der Waals surface area contributed by atoms with Gasteiger partial charge in [0.2, 0.25) is 5.91 Å². The fraction of sp³-hybridized carbons (Fsp3) is 0.909. The van der Waals surface area contributed by atoms with Crippen LogP contribution in [0.4, 0.5) is 0 Å². The highest BCUT2D eigenvalue weighted by Crippen LogP contribution is 2.20. The SMILES string of the molecule is CC(C)(N)CN1CCCC(CC(N)=O)C1.Cl. The van der Waals surface area contributed by atoms with Crippen molar-refractivity contribution < 1.29 is 4.79 Å². The number of primary amides is 1. The number of hydrogen-bond donors (Lipinski definition) is 2. The van der Waals surface area contributed by atoms with E-state index in [1.807, 2.05) is 13.8 Å². The van der Waals surface area contributed by atoms with Gasteiger partial charge < -0.3 is 16.4 Å². The lowest BCUT2D eigenvalue weighted by atomic mass is 9.93. The second-order valence-electron chi connectivity index (χ2n) is 5.40. The Labute approximate surface area is 104 Å². The van der Waals surface area contributed by atoms with Crippen LogP contribution in [0.1, 0.15) is 33.1 Å². The zero-order valence-corrected chi connectivity index (χ0v) is 11.1. The zero-order chi connectivity index (χ0) is 11.5. The van der Waals surface area contributed by atoms with Gasteiger partial charge in [-0.2, -0.15) is 0 Å². The molecule has 5 heteroatoms. The predicted octanol–water partition coefficient (Wildman–Crippen LogP) is 0.733. The molecule has 96 valence electrons. The lowest BCUT2D eigenvalue weighted by Gasteiger charge is -2.36. The van der Waals surface area contributed by atoms with Crippen LogP contribution in [0.25, 0.3) is 0 Å². The predicted molar refractivity (Wildman–Crippen MR) is 68.5 cm³/mol. The van der Waals surface area contributed by atoms with Crippen molar-refractivity contribution in [2.75, 3.05) is 19.6 Å². The molecule has 0 bridgehead atoms.